The van der Waals surface area contributed by atoms with E-state index >= 15 is 0 Å². The average Bonchev–Trinajstić information content (AvgIpc) is 2.65. The van der Waals surface area contributed by atoms with Crippen LogP contribution >= 0.6 is 0 Å². The molecule has 0 bridgehead atoms. The summed E-state index contributed by atoms with van der Waals surface area (Å²) < 4.78 is 0. The minimum absolute atomic E-state index is 0. The van der Waals surface area contributed by atoms with Gasteiger partial charge >= 0.3 is 49.4 Å². The zero-order valence-electron chi connectivity index (χ0n) is 25.4. The summed E-state index contributed by atoms with van der Waals surface area (Å²) in [6.07, 6.45) is 12.8. The minimum Gasteiger partial charge on any atom is -0.550 e. The molecule has 0 radical (unpaired) electrons. The van der Waals surface area contributed by atoms with Crippen LogP contribution in [0.15, 0.2) is 0 Å². The number of carbonyl (C=O) groups is 3. The van der Waals surface area contributed by atoms with Gasteiger partial charge in [0.05, 0.1) is 0 Å². The molecule has 0 aliphatic carbocycles. The summed E-state index contributed by atoms with van der Waals surface area (Å²) in [5.41, 5.74) is 1.13. The van der Waals surface area contributed by atoms with Crippen LogP contribution in [-0.4, -0.2) is 17.9 Å². The molecule has 0 aromatic rings. The van der Waals surface area contributed by atoms with Gasteiger partial charge in [-0.05, 0) is 74.0 Å². The maximum absolute atomic E-state index is 10.0. The van der Waals surface area contributed by atoms with Crippen LogP contribution in [0, 0.1) is 65.6 Å². The van der Waals surface area contributed by atoms with Crippen LogP contribution in [0.4, 0.5) is 0 Å². The Morgan fingerprint density at radius 3 is 0.730 bits per heavy atom. The Balaban J connectivity index is -0.000000218. The minimum atomic E-state index is -0.925. The summed E-state index contributed by atoms with van der Waals surface area (Å²) in [5.74, 6) is -2.78. The number of unbranched alkanes of at least 4 members (excludes halogenated alkanes) is 6. The van der Waals surface area contributed by atoms with E-state index in [2.05, 4.69) is 62.3 Å². The van der Waals surface area contributed by atoms with Crippen molar-refractivity contribution in [1.29, 1.82) is 0 Å². The van der Waals surface area contributed by atoms with Crippen molar-refractivity contribution in [3.8, 4) is 0 Å². The molecule has 0 saturated heterocycles. The fourth-order valence-corrected chi connectivity index (χ4v) is 3.30. The first-order valence-corrected chi connectivity index (χ1v) is 13.8. The molecule has 0 amide bonds. The topological polar surface area (TPSA) is 120 Å². The Labute approximate surface area is 269 Å². The molecule has 0 fully saturated rings. The third-order valence-electron chi connectivity index (χ3n) is 5.42. The molecule has 37 heavy (non-hydrogen) atoms. The largest absolute Gasteiger partial charge is 3.00 e. The zero-order valence-corrected chi connectivity index (χ0v) is 27.9. The van der Waals surface area contributed by atoms with Gasteiger partial charge in [0.2, 0.25) is 0 Å². The van der Waals surface area contributed by atoms with E-state index in [1.165, 1.54) is 19.3 Å². The van der Waals surface area contributed by atoms with Crippen molar-refractivity contribution in [2.45, 2.75) is 159 Å². The molecule has 0 aliphatic rings. The van der Waals surface area contributed by atoms with Crippen molar-refractivity contribution in [3.63, 3.8) is 0 Å². The Morgan fingerprint density at radius 2 is 0.595 bits per heavy atom. The molecule has 0 rings (SSSR count). The number of hydrogen-bond donors (Lipinski definition) is 0. The van der Waals surface area contributed by atoms with Crippen LogP contribution in [0.25, 0.3) is 0 Å². The first kappa shape index (κ1) is 44.0. The van der Waals surface area contributed by atoms with E-state index in [9.17, 15) is 29.7 Å². The molecule has 0 saturated carbocycles. The van der Waals surface area contributed by atoms with Crippen molar-refractivity contribution in [1.82, 2.24) is 0 Å². The van der Waals surface area contributed by atoms with Gasteiger partial charge in [-0.1, -0.05) is 101 Å². The van der Waals surface area contributed by atoms with Crippen molar-refractivity contribution in [2.24, 2.45) is 16.2 Å². The molecule has 0 aromatic carbocycles. The monoisotopic (exact) mass is 666 g/mol. The predicted molar refractivity (Wildman–Crippen MR) is 143 cm³/mol. The van der Waals surface area contributed by atoms with Gasteiger partial charge in [0.15, 0.2) is 0 Å². The first-order valence-electron chi connectivity index (χ1n) is 13.8. The van der Waals surface area contributed by atoms with Crippen LogP contribution < -0.4 is 15.3 Å². The van der Waals surface area contributed by atoms with E-state index in [1.54, 1.807) is 0 Å². The van der Waals surface area contributed by atoms with Crippen molar-refractivity contribution < 1.29 is 79.1 Å². The summed E-state index contributed by atoms with van der Waals surface area (Å²) >= 11 is 0. The van der Waals surface area contributed by atoms with Crippen molar-refractivity contribution in [3.05, 3.63) is 0 Å². The van der Waals surface area contributed by atoms with Crippen molar-refractivity contribution >= 4 is 17.9 Å². The average molecular weight is 666 g/mol. The quantitative estimate of drug-likeness (QED) is 0.222. The number of carboxylic acids is 3. The maximum atomic E-state index is 10.0. The van der Waals surface area contributed by atoms with Gasteiger partial charge in [-0.15, -0.1) is 0 Å². The molecule has 0 unspecified atom stereocenters. The van der Waals surface area contributed by atoms with Gasteiger partial charge in [-0.25, -0.2) is 0 Å². The summed E-state index contributed by atoms with van der Waals surface area (Å²) in [6, 6.07) is 0. The van der Waals surface area contributed by atoms with Crippen LogP contribution in [0.2, 0.25) is 0 Å². The van der Waals surface area contributed by atoms with Crippen LogP contribution in [0.1, 0.15) is 159 Å². The molecule has 7 heteroatoms. The third-order valence-corrected chi connectivity index (χ3v) is 5.42. The fourth-order valence-electron chi connectivity index (χ4n) is 3.30. The van der Waals surface area contributed by atoms with E-state index in [0.717, 1.165) is 57.8 Å². The van der Waals surface area contributed by atoms with Gasteiger partial charge in [-0.3, -0.25) is 0 Å². The second kappa shape index (κ2) is 25.0. The normalized spacial score (nSPS) is 11.3. The Hall–Kier alpha value is -0.00558. The van der Waals surface area contributed by atoms with Crippen LogP contribution in [-0.2, 0) is 14.4 Å². The standard InChI is InChI=1S/3C10H20O2.Eu/c3*1-10(2,3)8-6-4-5-7-9(11)12;/h3*4-8H2,1-3H3,(H,11,12);/q;;;+3/p-3. The number of hydrogen-bond acceptors (Lipinski definition) is 6. The second-order valence-corrected chi connectivity index (χ2v) is 13.5. The molecule has 0 atom stereocenters. The molecule has 0 spiro atoms. The first-order chi connectivity index (χ1) is 16.2. The van der Waals surface area contributed by atoms with E-state index < -0.39 is 17.9 Å². The van der Waals surface area contributed by atoms with Gasteiger partial charge in [-0.2, -0.15) is 0 Å². The SMILES string of the molecule is CC(C)(C)CCCCCC(=O)[O-].CC(C)(C)CCCCCC(=O)[O-].CC(C)(C)CCCCCC(=O)[O-].[Eu+3]. The molecule has 0 aliphatic heterocycles. The summed E-state index contributed by atoms with van der Waals surface area (Å²) in [4.78, 5) is 30.1. The molecule has 220 valence electrons. The van der Waals surface area contributed by atoms with E-state index in [4.69, 9.17) is 0 Å². The van der Waals surface area contributed by atoms with Gasteiger partial charge < -0.3 is 29.7 Å². The Kier molecular flexibility index (Phi) is 29.7. The van der Waals surface area contributed by atoms with Gasteiger partial charge in [0.1, 0.15) is 0 Å². The summed E-state index contributed by atoms with van der Waals surface area (Å²) in [6.45, 7) is 19.8. The summed E-state index contributed by atoms with van der Waals surface area (Å²) in [5, 5.41) is 30.1. The van der Waals surface area contributed by atoms with Crippen LogP contribution in [0.5, 0.6) is 0 Å². The maximum Gasteiger partial charge on any atom is 3.00 e. The third kappa shape index (κ3) is 57.1. The second-order valence-electron chi connectivity index (χ2n) is 13.5. The molecule has 6 nitrogen and oxygen atoms in total. The summed E-state index contributed by atoms with van der Waals surface area (Å²) in [7, 11) is 0. The Morgan fingerprint density at radius 1 is 0.405 bits per heavy atom. The number of carbonyl (C=O) groups excluding carboxylic acids is 3. The fraction of sp³-hybridized carbons (Fsp3) is 0.900. The number of carboxylic acid groups (broad SMARTS) is 3. The van der Waals surface area contributed by atoms with E-state index in [1.807, 2.05) is 0 Å². The van der Waals surface area contributed by atoms with Crippen molar-refractivity contribution in [2.75, 3.05) is 0 Å². The molecular weight excluding hydrogens is 608 g/mol. The van der Waals surface area contributed by atoms with Crippen LogP contribution in [0.3, 0.4) is 0 Å². The van der Waals surface area contributed by atoms with E-state index in [0.29, 0.717) is 16.2 Å². The molecule has 0 heterocycles. The predicted octanol–water partition coefficient (Wildman–Crippen LogP) is 5.20. The smallest absolute Gasteiger partial charge is 0.550 e. The molecule has 0 N–H and O–H groups in total. The van der Waals surface area contributed by atoms with E-state index in [-0.39, 0.29) is 68.6 Å². The number of rotatable bonds is 15. The Bertz CT molecular complexity index is 487. The number of aliphatic carboxylic acids is 3. The zero-order chi connectivity index (χ0) is 28.8. The van der Waals surface area contributed by atoms with Gasteiger partial charge in [0, 0.05) is 17.9 Å². The molecular formula is C30H57EuO6. The van der Waals surface area contributed by atoms with Gasteiger partial charge in [0.25, 0.3) is 0 Å². The molecule has 0 aromatic heterocycles.